The van der Waals surface area contributed by atoms with E-state index in [-0.39, 0.29) is 0 Å². The summed E-state index contributed by atoms with van der Waals surface area (Å²) in [6, 6.07) is 7.22. The van der Waals surface area contributed by atoms with Crippen LogP contribution in [-0.4, -0.2) is 25.1 Å². The summed E-state index contributed by atoms with van der Waals surface area (Å²) in [5, 5.41) is 6.07. The second kappa shape index (κ2) is 4.16. The van der Waals surface area contributed by atoms with Crippen LogP contribution in [0.5, 0.6) is 0 Å². The molecule has 2 aromatic rings. The highest BCUT2D eigenvalue weighted by molar-refractivity contribution is 6.00. The van der Waals surface area contributed by atoms with Crippen LogP contribution in [0.25, 0.3) is 10.8 Å². The normalized spacial score (nSPS) is 14.8. The van der Waals surface area contributed by atoms with Gasteiger partial charge in [0.05, 0.1) is 11.9 Å². The lowest BCUT2D eigenvalue weighted by molar-refractivity contribution is 1.08. The van der Waals surface area contributed by atoms with E-state index in [9.17, 15) is 0 Å². The highest BCUT2D eigenvalue weighted by Gasteiger charge is 2.22. The number of hydrogen-bond acceptors (Lipinski definition) is 3. The molecule has 1 fully saturated rings. The maximum absolute atomic E-state index is 4.58. The van der Waals surface area contributed by atoms with Crippen molar-refractivity contribution < 1.29 is 0 Å². The molecule has 1 aromatic carbocycles. The van der Waals surface area contributed by atoms with E-state index in [1.165, 1.54) is 34.9 Å². The Kier molecular flexibility index (Phi) is 2.62. The first-order valence-corrected chi connectivity index (χ1v) is 6.48. The second-order valence-electron chi connectivity index (χ2n) is 5.36. The lowest BCUT2D eigenvalue weighted by Gasteiger charge is -2.17. The molecule has 0 saturated heterocycles. The Balaban J connectivity index is 2.18. The Bertz CT molecular complexity index is 586. The molecular weight excluding hydrogens is 222 g/mol. The van der Waals surface area contributed by atoms with Gasteiger partial charge in [-0.3, -0.25) is 0 Å². The third-order valence-electron chi connectivity index (χ3n) is 3.38. The molecule has 1 aliphatic rings. The number of nitrogens with zero attached hydrogens (tertiary/aromatic N) is 2. The Morgan fingerprint density at radius 2 is 2.00 bits per heavy atom. The molecule has 0 bridgehead atoms. The van der Waals surface area contributed by atoms with Gasteiger partial charge in [-0.05, 0) is 25.8 Å². The van der Waals surface area contributed by atoms with Crippen LogP contribution < -0.4 is 10.2 Å². The summed E-state index contributed by atoms with van der Waals surface area (Å²) in [6.45, 7) is 2.14. The number of rotatable bonds is 3. The summed E-state index contributed by atoms with van der Waals surface area (Å²) in [6.07, 6.45) is 4.53. The maximum atomic E-state index is 4.58. The molecule has 18 heavy (non-hydrogen) atoms. The number of fused-ring (bicyclic) bond motifs is 1. The Hall–Kier alpha value is -1.77. The van der Waals surface area contributed by atoms with Crippen molar-refractivity contribution in [3.8, 4) is 0 Å². The summed E-state index contributed by atoms with van der Waals surface area (Å²) in [5.41, 5.74) is 2.46. The maximum Gasteiger partial charge on any atom is 0.136 e. The van der Waals surface area contributed by atoms with E-state index < -0.39 is 0 Å². The van der Waals surface area contributed by atoms with Gasteiger partial charge in [0, 0.05) is 30.9 Å². The number of aryl methyl sites for hydroxylation is 1. The molecule has 3 heteroatoms. The molecule has 0 atom stereocenters. The molecular formula is C15H19N3. The largest absolute Gasteiger partial charge is 0.381 e. The number of aromatic nitrogens is 1. The predicted octanol–water partition coefficient (Wildman–Crippen LogP) is 3.18. The van der Waals surface area contributed by atoms with E-state index in [0.29, 0.717) is 6.04 Å². The zero-order chi connectivity index (χ0) is 12.7. The van der Waals surface area contributed by atoms with Crippen LogP contribution in [0.15, 0.2) is 24.4 Å². The number of anilines is 2. The highest BCUT2D eigenvalue weighted by atomic mass is 15.1. The predicted molar refractivity (Wildman–Crippen MR) is 77.5 cm³/mol. The van der Waals surface area contributed by atoms with E-state index in [0.717, 1.165) is 5.82 Å². The molecule has 1 heterocycles. The third kappa shape index (κ3) is 2.01. The fraction of sp³-hybridized carbons (Fsp3) is 0.400. The Morgan fingerprint density at radius 1 is 1.22 bits per heavy atom. The SMILES string of the molecule is Cc1ccc2c(N(C)C)ncc(NC3CC3)c2c1. The van der Waals surface area contributed by atoms with Gasteiger partial charge >= 0.3 is 0 Å². The average Bonchev–Trinajstić information content (AvgIpc) is 3.13. The first-order valence-electron chi connectivity index (χ1n) is 6.48. The van der Waals surface area contributed by atoms with Crippen LogP contribution in [0.4, 0.5) is 11.5 Å². The van der Waals surface area contributed by atoms with E-state index in [4.69, 9.17) is 0 Å². The smallest absolute Gasteiger partial charge is 0.136 e. The minimum absolute atomic E-state index is 0.653. The van der Waals surface area contributed by atoms with Crippen molar-refractivity contribution >= 4 is 22.3 Å². The van der Waals surface area contributed by atoms with Gasteiger partial charge in [0.2, 0.25) is 0 Å². The topological polar surface area (TPSA) is 28.2 Å². The Labute approximate surface area is 108 Å². The van der Waals surface area contributed by atoms with E-state index in [1.807, 2.05) is 20.3 Å². The zero-order valence-electron chi connectivity index (χ0n) is 11.2. The minimum Gasteiger partial charge on any atom is -0.381 e. The van der Waals surface area contributed by atoms with E-state index in [1.54, 1.807) is 0 Å². The summed E-state index contributed by atoms with van der Waals surface area (Å²) in [7, 11) is 4.07. The van der Waals surface area contributed by atoms with Gasteiger partial charge in [-0.15, -0.1) is 0 Å². The van der Waals surface area contributed by atoms with E-state index in [2.05, 4.69) is 40.3 Å². The molecule has 94 valence electrons. The number of pyridine rings is 1. The van der Waals surface area contributed by atoms with Crippen molar-refractivity contribution in [2.75, 3.05) is 24.3 Å². The third-order valence-corrected chi connectivity index (χ3v) is 3.38. The first-order chi connectivity index (χ1) is 8.65. The van der Waals surface area contributed by atoms with Crippen molar-refractivity contribution in [3.63, 3.8) is 0 Å². The molecule has 3 nitrogen and oxygen atoms in total. The first kappa shape index (κ1) is 11.3. The van der Waals surface area contributed by atoms with Crippen molar-refractivity contribution in [1.82, 2.24) is 4.98 Å². The lowest BCUT2D eigenvalue weighted by atomic mass is 10.1. The Morgan fingerprint density at radius 3 is 2.67 bits per heavy atom. The van der Waals surface area contributed by atoms with Crippen LogP contribution in [0.1, 0.15) is 18.4 Å². The molecule has 1 aliphatic carbocycles. The van der Waals surface area contributed by atoms with Crippen LogP contribution >= 0.6 is 0 Å². The fourth-order valence-corrected chi connectivity index (χ4v) is 2.26. The number of nitrogens with one attached hydrogen (secondary N) is 1. The summed E-state index contributed by atoms with van der Waals surface area (Å²) < 4.78 is 0. The second-order valence-corrected chi connectivity index (χ2v) is 5.36. The highest BCUT2D eigenvalue weighted by Crippen LogP contribution is 2.33. The van der Waals surface area contributed by atoms with Crippen LogP contribution in [0, 0.1) is 6.92 Å². The van der Waals surface area contributed by atoms with Crippen LogP contribution in [0.2, 0.25) is 0 Å². The van der Waals surface area contributed by atoms with Gasteiger partial charge in [-0.1, -0.05) is 17.7 Å². The molecule has 1 aromatic heterocycles. The van der Waals surface area contributed by atoms with Crippen molar-refractivity contribution in [2.24, 2.45) is 0 Å². The van der Waals surface area contributed by atoms with E-state index >= 15 is 0 Å². The molecule has 0 radical (unpaired) electrons. The summed E-state index contributed by atoms with van der Waals surface area (Å²) >= 11 is 0. The molecule has 0 spiro atoms. The molecule has 3 rings (SSSR count). The molecule has 0 amide bonds. The number of hydrogen-bond donors (Lipinski definition) is 1. The van der Waals surface area contributed by atoms with Crippen molar-refractivity contribution in [3.05, 3.63) is 30.0 Å². The standard InChI is InChI=1S/C15H19N3/c1-10-4-7-12-13(8-10)14(17-11-5-6-11)9-16-15(12)18(2)3/h4,7-9,11,17H,5-6H2,1-3H3. The van der Waals surface area contributed by atoms with Gasteiger partial charge in [-0.25, -0.2) is 4.98 Å². The van der Waals surface area contributed by atoms with Gasteiger partial charge in [-0.2, -0.15) is 0 Å². The molecule has 0 unspecified atom stereocenters. The quantitative estimate of drug-likeness (QED) is 0.894. The van der Waals surface area contributed by atoms with Crippen molar-refractivity contribution in [1.29, 1.82) is 0 Å². The van der Waals surface area contributed by atoms with Crippen molar-refractivity contribution in [2.45, 2.75) is 25.8 Å². The van der Waals surface area contributed by atoms with Crippen LogP contribution in [-0.2, 0) is 0 Å². The average molecular weight is 241 g/mol. The number of benzene rings is 1. The summed E-state index contributed by atoms with van der Waals surface area (Å²) in [4.78, 5) is 6.65. The van der Waals surface area contributed by atoms with Gasteiger partial charge < -0.3 is 10.2 Å². The lowest BCUT2D eigenvalue weighted by Crippen LogP contribution is -2.12. The monoisotopic (exact) mass is 241 g/mol. The minimum atomic E-state index is 0.653. The van der Waals surface area contributed by atoms with Crippen LogP contribution in [0.3, 0.4) is 0 Å². The van der Waals surface area contributed by atoms with Gasteiger partial charge in [0.1, 0.15) is 5.82 Å². The molecule has 1 N–H and O–H groups in total. The fourth-order valence-electron chi connectivity index (χ4n) is 2.26. The molecule has 0 aliphatic heterocycles. The van der Waals surface area contributed by atoms with Gasteiger partial charge in [0.15, 0.2) is 0 Å². The molecule has 1 saturated carbocycles. The summed E-state index contributed by atoms with van der Waals surface area (Å²) in [5.74, 6) is 1.03. The zero-order valence-corrected chi connectivity index (χ0v) is 11.2. The van der Waals surface area contributed by atoms with Gasteiger partial charge in [0.25, 0.3) is 0 Å².